The van der Waals surface area contributed by atoms with Crippen molar-refractivity contribution in [3.05, 3.63) is 65.2 Å². The van der Waals surface area contributed by atoms with Crippen molar-refractivity contribution < 1.29 is 28.4 Å². The Kier molecular flexibility index (Phi) is 9.05. The van der Waals surface area contributed by atoms with E-state index in [2.05, 4.69) is 69.3 Å². The Morgan fingerprint density at radius 2 is 1.47 bits per heavy atom. The van der Waals surface area contributed by atoms with Crippen molar-refractivity contribution in [2.75, 3.05) is 52.9 Å². The van der Waals surface area contributed by atoms with E-state index in [0.29, 0.717) is 57.8 Å². The quantitative estimate of drug-likeness (QED) is 0.227. The topological polar surface area (TPSA) is 62.0 Å². The van der Waals surface area contributed by atoms with Gasteiger partial charge in [-0.15, -0.1) is 0 Å². The molecule has 3 aliphatic rings. The molecule has 6 nitrogen and oxygen atoms in total. The monoisotopic (exact) mass is 522 g/mol. The summed E-state index contributed by atoms with van der Waals surface area (Å²) in [6, 6.07) is 15.3. The molecule has 0 bridgehead atoms. The van der Waals surface area contributed by atoms with E-state index in [1.165, 1.54) is 22.3 Å². The minimum atomic E-state index is -0.00656. The molecular formula is C32H42O6. The minimum Gasteiger partial charge on any atom is -0.491 e. The molecule has 0 radical (unpaired) electrons. The fourth-order valence-electron chi connectivity index (χ4n) is 4.86. The number of epoxide rings is 2. The van der Waals surface area contributed by atoms with Crippen LogP contribution in [-0.4, -0.2) is 65.1 Å². The predicted molar refractivity (Wildman–Crippen MR) is 148 cm³/mol. The molecule has 0 amide bonds. The molecular weight excluding hydrogens is 480 g/mol. The van der Waals surface area contributed by atoms with Crippen LogP contribution < -0.4 is 9.47 Å². The van der Waals surface area contributed by atoms with Crippen LogP contribution in [0.5, 0.6) is 11.5 Å². The minimum absolute atomic E-state index is 0.00656. The van der Waals surface area contributed by atoms with Gasteiger partial charge in [-0.3, -0.25) is 0 Å². The van der Waals surface area contributed by atoms with E-state index < -0.39 is 0 Å². The van der Waals surface area contributed by atoms with Crippen LogP contribution >= 0.6 is 0 Å². The van der Waals surface area contributed by atoms with Crippen LogP contribution in [0.2, 0.25) is 0 Å². The number of ether oxygens (including phenoxy) is 6. The third-order valence-electron chi connectivity index (χ3n) is 7.31. The van der Waals surface area contributed by atoms with Crippen LogP contribution in [0, 0.1) is 0 Å². The highest BCUT2D eigenvalue weighted by molar-refractivity contribution is 5.68. The largest absolute Gasteiger partial charge is 0.491 e. The number of benzene rings is 2. The van der Waals surface area contributed by atoms with E-state index in [9.17, 15) is 0 Å². The third-order valence-corrected chi connectivity index (χ3v) is 7.31. The SMILES string of the molecule is CC(C)(C)c1cc(C2=CCC(c3ccc(OCCOCC4CO4)cc3)CC2)ccc1OCCOCC1CO1. The van der Waals surface area contributed by atoms with Gasteiger partial charge in [0.15, 0.2) is 0 Å². The van der Waals surface area contributed by atoms with Crippen molar-refractivity contribution in [3.63, 3.8) is 0 Å². The average Bonchev–Trinajstić information content (AvgIpc) is 3.85. The summed E-state index contributed by atoms with van der Waals surface area (Å²) >= 11 is 0. The molecule has 5 rings (SSSR count). The smallest absolute Gasteiger partial charge is 0.123 e. The first kappa shape index (κ1) is 27.2. The molecule has 1 aliphatic carbocycles. The number of allylic oxidation sites excluding steroid dienone is 2. The average molecular weight is 523 g/mol. The van der Waals surface area contributed by atoms with Gasteiger partial charge in [0.1, 0.15) is 36.9 Å². The van der Waals surface area contributed by atoms with Crippen LogP contribution in [0.4, 0.5) is 0 Å². The molecule has 2 aromatic carbocycles. The summed E-state index contributed by atoms with van der Waals surface area (Å²) in [5.74, 6) is 2.39. The van der Waals surface area contributed by atoms with Gasteiger partial charge >= 0.3 is 0 Å². The second-order valence-corrected chi connectivity index (χ2v) is 11.5. The van der Waals surface area contributed by atoms with E-state index in [1.807, 2.05) is 0 Å². The van der Waals surface area contributed by atoms with Gasteiger partial charge in [0.2, 0.25) is 0 Å². The Hall–Kier alpha value is -2.38. The van der Waals surface area contributed by atoms with Gasteiger partial charge in [0.25, 0.3) is 0 Å². The van der Waals surface area contributed by atoms with Gasteiger partial charge in [-0.1, -0.05) is 45.0 Å². The van der Waals surface area contributed by atoms with E-state index in [-0.39, 0.29) is 5.41 Å². The molecule has 3 unspecified atom stereocenters. The van der Waals surface area contributed by atoms with Gasteiger partial charge < -0.3 is 28.4 Å². The molecule has 0 N–H and O–H groups in total. The Morgan fingerprint density at radius 1 is 0.816 bits per heavy atom. The Labute approximate surface area is 227 Å². The molecule has 2 saturated heterocycles. The lowest BCUT2D eigenvalue weighted by Crippen LogP contribution is -2.16. The molecule has 38 heavy (non-hydrogen) atoms. The van der Waals surface area contributed by atoms with Crippen LogP contribution in [-0.2, 0) is 24.4 Å². The first-order chi connectivity index (χ1) is 18.5. The fourth-order valence-corrected chi connectivity index (χ4v) is 4.86. The second kappa shape index (κ2) is 12.6. The molecule has 6 heteroatoms. The van der Waals surface area contributed by atoms with E-state index in [1.54, 1.807) is 0 Å². The van der Waals surface area contributed by atoms with E-state index >= 15 is 0 Å². The first-order valence-electron chi connectivity index (χ1n) is 14.0. The van der Waals surface area contributed by atoms with Crippen LogP contribution in [0.3, 0.4) is 0 Å². The maximum absolute atomic E-state index is 6.13. The predicted octanol–water partition coefficient (Wildman–Crippen LogP) is 5.92. The van der Waals surface area contributed by atoms with E-state index in [4.69, 9.17) is 28.4 Å². The van der Waals surface area contributed by atoms with Gasteiger partial charge in [0.05, 0.1) is 39.6 Å². The number of hydrogen-bond acceptors (Lipinski definition) is 6. The highest BCUT2D eigenvalue weighted by Gasteiger charge is 2.24. The standard InChI is InChI=1S/C32H42O6/c1-32(2,3)30-18-26(10-13-31(30)36-17-15-34-20-29-22-38-29)25-6-4-23(5-7-25)24-8-11-27(12-9-24)35-16-14-33-19-28-21-37-28/h6,8-13,18,23,28-29H,4-5,7,14-17,19-22H2,1-3H3. The molecule has 0 aromatic heterocycles. The maximum atomic E-state index is 6.13. The summed E-state index contributed by atoms with van der Waals surface area (Å²) in [7, 11) is 0. The molecule has 0 spiro atoms. The van der Waals surface area contributed by atoms with Crippen molar-refractivity contribution in [3.8, 4) is 11.5 Å². The molecule has 2 heterocycles. The molecule has 2 fully saturated rings. The van der Waals surface area contributed by atoms with Crippen molar-refractivity contribution in [1.29, 1.82) is 0 Å². The molecule has 3 atom stereocenters. The zero-order valence-electron chi connectivity index (χ0n) is 23.1. The zero-order chi connectivity index (χ0) is 26.4. The van der Waals surface area contributed by atoms with Crippen molar-refractivity contribution in [2.24, 2.45) is 0 Å². The normalized spacial score (nSPS) is 22.6. The lowest BCUT2D eigenvalue weighted by molar-refractivity contribution is 0.0873. The van der Waals surface area contributed by atoms with Crippen molar-refractivity contribution >= 4 is 5.57 Å². The van der Waals surface area contributed by atoms with Crippen LogP contribution in [0.25, 0.3) is 5.57 Å². The van der Waals surface area contributed by atoms with Gasteiger partial charge in [-0.25, -0.2) is 0 Å². The molecule has 206 valence electrons. The molecule has 2 aliphatic heterocycles. The van der Waals surface area contributed by atoms with Crippen molar-refractivity contribution in [2.45, 2.75) is 63.6 Å². The van der Waals surface area contributed by atoms with Gasteiger partial charge in [-0.05, 0) is 71.6 Å². The fraction of sp³-hybridized carbons (Fsp3) is 0.562. The second-order valence-electron chi connectivity index (χ2n) is 11.5. The number of hydrogen-bond donors (Lipinski definition) is 0. The molecule has 2 aromatic rings. The van der Waals surface area contributed by atoms with E-state index in [0.717, 1.165) is 44.0 Å². The lowest BCUT2D eigenvalue weighted by atomic mass is 9.80. The third kappa shape index (κ3) is 8.06. The summed E-state index contributed by atoms with van der Waals surface area (Å²) in [5.41, 5.74) is 5.35. The zero-order valence-corrected chi connectivity index (χ0v) is 23.1. The van der Waals surface area contributed by atoms with Crippen LogP contribution in [0.15, 0.2) is 48.5 Å². The molecule has 0 saturated carbocycles. The van der Waals surface area contributed by atoms with Crippen molar-refractivity contribution in [1.82, 2.24) is 0 Å². The maximum Gasteiger partial charge on any atom is 0.123 e. The summed E-state index contributed by atoms with van der Waals surface area (Å²) in [6.45, 7) is 12.0. The number of rotatable bonds is 14. The Morgan fingerprint density at radius 3 is 2.05 bits per heavy atom. The first-order valence-corrected chi connectivity index (χ1v) is 14.0. The summed E-state index contributed by atoms with van der Waals surface area (Å²) in [6.07, 6.45) is 6.29. The van der Waals surface area contributed by atoms with Gasteiger partial charge in [-0.2, -0.15) is 0 Å². The summed E-state index contributed by atoms with van der Waals surface area (Å²) in [4.78, 5) is 0. The highest BCUT2D eigenvalue weighted by Crippen LogP contribution is 2.39. The summed E-state index contributed by atoms with van der Waals surface area (Å²) in [5, 5.41) is 0. The Bertz CT molecular complexity index is 1060. The van der Waals surface area contributed by atoms with Crippen LogP contribution in [0.1, 0.15) is 62.6 Å². The highest BCUT2D eigenvalue weighted by atomic mass is 16.6. The Balaban J connectivity index is 1.13. The van der Waals surface area contributed by atoms with Gasteiger partial charge in [0, 0.05) is 5.56 Å². The lowest BCUT2D eigenvalue weighted by Gasteiger charge is -2.26. The summed E-state index contributed by atoms with van der Waals surface area (Å²) < 4.78 is 33.5.